The molecule has 1 aromatic rings. The fourth-order valence-electron chi connectivity index (χ4n) is 1.45. The minimum absolute atomic E-state index is 0.0186. The van der Waals surface area contributed by atoms with Crippen molar-refractivity contribution in [3.8, 4) is 0 Å². The second-order valence-electron chi connectivity index (χ2n) is 3.73. The van der Waals surface area contributed by atoms with Gasteiger partial charge >= 0.3 is 6.18 Å². The van der Waals surface area contributed by atoms with E-state index in [2.05, 4.69) is 5.32 Å². The zero-order chi connectivity index (χ0) is 13.9. The van der Waals surface area contributed by atoms with Gasteiger partial charge in [-0.3, -0.25) is 0 Å². The van der Waals surface area contributed by atoms with Crippen molar-refractivity contribution in [2.45, 2.75) is 25.6 Å². The standard InChI is InChI=1S/C11H11F6N/c1-2-3-18-10(11(15,16)17)6-4-7(12)9(14)8(13)5-6/h4-5,10,18H,2-3H2,1H3. The molecular weight excluding hydrogens is 260 g/mol. The molecule has 0 bridgehead atoms. The van der Waals surface area contributed by atoms with Gasteiger partial charge in [-0.1, -0.05) is 6.92 Å². The lowest BCUT2D eigenvalue weighted by molar-refractivity contribution is -0.157. The summed E-state index contributed by atoms with van der Waals surface area (Å²) >= 11 is 0. The first kappa shape index (κ1) is 14.8. The molecule has 1 aromatic carbocycles. The topological polar surface area (TPSA) is 12.0 Å². The molecule has 0 spiro atoms. The quantitative estimate of drug-likeness (QED) is 0.650. The summed E-state index contributed by atoms with van der Waals surface area (Å²) in [5.41, 5.74) is -0.688. The van der Waals surface area contributed by atoms with Crippen LogP contribution in [-0.2, 0) is 0 Å². The summed E-state index contributed by atoms with van der Waals surface area (Å²) < 4.78 is 76.5. The van der Waals surface area contributed by atoms with Gasteiger partial charge in [0.25, 0.3) is 0 Å². The molecule has 0 heterocycles. The van der Waals surface area contributed by atoms with E-state index < -0.39 is 35.2 Å². The van der Waals surface area contributed by atoms with Crippen molar-refractivity contribution in [1.82, 2.24) is 5.32 Å². The van der Waals surface area contributed by atoms with E-state index in [9.17, 15) is 26.3 Å². The summed E-state index contributed by atoms with van der Waals surface area (Å²) in [6.07, 6.45) is -4.30. The van der Waals surface area contributed by atoms with Crippen molar-refractivity contribution in [2.24, 2.45) is 0 Å². The molecule has 1 nitrogen and oxygen atoms in total. The minimum atomic E-state index is -4.72. The van der Waals surface area contributed by atoms with Crippen LogP contribution < -0.4 is 5.32 Å². The predicted octanol–water partition coefficient (Wildman–Crippen LogP) is 3.71. The fourth-order valence-corrected chi connectivity index (χ4v) is 1.45. The Labute approximate surface area is 99.8 Å². The highest BCUT2D eigenvalue weighted by atomic mass is 19.4. The first-order chi connectivity index (χ1) is 8.27. The van der Waals surface area contributed by atoms with Crippen LogP contribution in [-0.4, -0.2) is 12.7 Å². The number of hydrogen-bond donors (Lipinski definition) is 1. The van der Waals surface area contributed by atoms with E-state index in [0.717, 1.165) is 0 Å². The van der Waals surface area contributed by atoms with Crippen LogP contribution in [0.2, 0.25) is 0 Å². The highest BCUT2D eigenvalue weighted by molar-refractivity contribution is 5.24. The van der Waals surface area contributed by atoms with Crippen molar-refractivity contribution in [3.63, 3.8) is 0 Å². The maximum atomic E-state index is 12.9. The first-order valence-electron chi connectivity index (χ1n) is 5.22. The van der Waals surface area contributed by atoms with E-state index in [4.69, 9.17) is 0 Å². The SMILES string of the molecule is CCCNC(c1cc(F)c(F)c(F)c1)C(F)(F)F. The Morgan fingerprint density at radius 2 is 1.61 bits per heavy atom. The summed E-state index contributed by atoms with van der Waals surface area (Å²) in [5.74, 6) is -5.06. The van der Waals surface area contributed by atoms with Gasteiger partial charge in [0, 0.05) is 0 Å². The second kappa shape index (κ2) is 5.60. The molecule has 0 fully saturated rings. The lowest BCUT2D eigenvalue weighted by atomic mass is 10.1. The van der Waals surface area contributed by atoms with Crippen LogP contribution in [0.1, 0.15) is 24.9 Å². The molecule has 1 rings (SSSR count). The normalized spacial score (nSPS) is 13.7. The Morgan fingerprint density at radius 3 is 2.00 bits per heavy atom. The lowest BCUT2D eigenvalue weighted by Gasteiger charge is -2.22. The highest BCUT2D eigenvalue weighted by Crippen LogP contribution is 2.33. The Morgan fingerprint density at radius 1 is 1.11 bits per heavy atom. The molecule has 0 radical (unpaired) electrons. The van der Waals surface area contributed by atoms with Crippen molar-refractivity contribution >= 4 is 0 Å². The number of benzene rings is 1. The lowest BCUT2D eigenvalue weighted by Crippen LogP contribution is -2.34. The third-order valence-electron chi connectivity index (χ3n) is 2.27. The predicted molar refractivity (Wildman–Crippen MR) is 53.4 cm³/mol. The van der Waals surface area contributed by atoms with E-state index in [1.807, 2.05) is 0 Å². The summed E-state index contributed by atoms with van der Waals surface area (Å²) in [4.78, 5) is 0. The molecule has 0 aliphatic carbocycles. The van der Waals surface area contributed by atoms with E-state index in [1.54, 1.807) is 6.92 Å². The average Bonchev–Trinajstić information content (AvgIpc) is 2.24. The van der Waals surface area contributed by atoms with Crippen LogP contribution in [0.15, 0.2) is 12.1 Å². The maximum Gasteiger partial charge on any atom is 0.407 e. The van der Waals surface area contributed by atoms with E-state index in [1.165, 1.54) is 0 Å². The van der Waals surface area contributed by atoms with E-state index in [-0.39, 0.29) is 6.54 Å². The molecule has 0 saturated carbocycles. The molecule has 0 aliphatic rings. The number of halogens is 6. The van der Waals surface area contributed by atoms with Gasteiger partial charge in [0.05, 0.1) is 0 Å². The summed E-state index contributed by atoms with van der Waals surface area (Å²) in [5, 5.41) is 2.12. The van der Waals surface area contributed by atoms with Crippen molar-refractivity contribution in [2.75, 3.05) is 6.54 Å². The summed E-state index contributed by atoms with van der Waals surface area (Å²) in [7, 11) is 0. The molecule has 7 heteroatoms. The van der Waals surface area contributed by atoms with Gasteiger partial charge in [0.15, 0.2) is 17.5 Å². The van der Waals surface area contributed by atoms with Gasteiger partial charge in [0.2, 0.25) is 0 Å². The van der Waals surface area contributed by atoms with Gasteiger partial charge in [-0.25, -0.2) is 13.2 Å². The summed E-state index contributed by atoms with van der Waals surface area (Å²) in [6.45, 7) is 1.66. The van der Waals surface area contributed by atoms with Crippen LogP contribution in [0.25, 0.3) is 0 Å². The molecule has 18 heavy (non-hydrogen) atoms. The van der Waals surface area contributed by atoms with Crippen LogP contribution in [0.3, 0.4) is 0 Å². The Kier molecular flexibility index (Phi) is 4.61. The third kappa shape index (κ3) is 3.38. The summed E-state index contributed by atoms with van der Waals surface area (Å²) in [6, 6.07) is -1.53. The van der Waals surface area contributed by atoms with Gasteiger partial charge in [-0.05, 0) is 30.7 Å². The highest BCUT2D eigenvalue weighted by Gasteiger charge is 2.41. The molecule has 0 aliphatic heterocycles. The molecule has 102 valence electrons. The molecule has 1 atom stereocenters. The molecule has 0 amide bonds. The number of nitrogens with one attached hydrogen (secondary N) is 1. The maximum absolute atomic E-state index is 12.9. The molecule has 1 N–H and O–H groups in total. The molecular formula is C11H11F6N. The molecule has 0 saturated heterocycles. The van der Waals surface area contributed by atoms with Gasteiger partial charge in [0.1, 0.15) is 6.04 Å². The van der Waals surface area contributed by atoms with Crippen molar-refractivity contribution in [3.05, 3.63) is 35.1 Å². The first-order valence-corrected chi connectivity index (χ1v) is 5.22. The van der Waals surface area contributed by atoms with E-state index in [0.29, 0.717) is 18.6 Å². The Bertz CT molecular complexity index is 391. The number of hydrogen-bond acceptors (Lipinski definition) is 1. The van der Waals surface area contributed by atoms with Crippen LogP contribution in [0.5, 0.6) is 0 Å². The van der Waals surface area contributed by atoms with Gasteiger partial charge in [-0.2, -0.15) is 13.2 Å². The van der Waals surface area contributed by atoms with Crippen molar-refractivity contribution < 1.29 is 26.3 Å². The molecule has 0 aromatic heterocycles. The average molecular weight is 271 g/mol. The molecule has 1 unspecified atom stereocenters. The van der Waals surface area contributed by atoms with Gasteiger partial charge in [-0.15, -0.1) is 0 Å². The number of rotatable bonds is 4. The largest absolute Gasteiger partial charge is 0.407 e. The smallest absolute Gasteiger partial charge is 0.302 e. The zero-order valence-corrected chi connectivity index (χ0v) is 9.41. The van der Waals surface area contributed by atoms with Gasteiger partial charge < -0.3 is 5.32 Å². The monoisotopic (exact) mass is 271 g/mol. The number of alkyl halides is 3. The Hall–Kier alpha value is -1.24. The Balaban J connectivity index is 3.13. The third-order valence-corrected chi connectivity index (χ3v) is 2.27. The fraction of sp³-hybridized carbons (Fsp3) is 0.455. The van der Waals surface area contributed by atoms with Crippen molar-refractivity contribution in [1.29, 1.82) is 0 Å². The second-order valence-corrected chi connectivity index (χ2v) is 3.73. The van der Waals surface area contributed by atoms with Crippen LogP contribution in [0.4, 0.5) is 26.3 Å². The zero-order valence-electron chi connectivity index (χ0n) is 9.41. The minimum Gasteiger partial charge on any atom is -0.302 e. The van der Waals surface area contributed by atoms with E-state index >= 15 is 0 Å². The van der Waals surface area contributed by atoms with Crippen LogP contribution >= 0.6 is 0 Å². The van der Waals surface area contributed by atoms with Crippen LogP contribution in [0, 0.1) is 17.5 Å².